The van der Waals surface area contributed by atoms with Gasteiger partial charge in [0.15, 0.2) is 11.5 Å². The minimum atomic E-state index is 0.158. The fraction of sp³-hybridized carbons (Fsp3) is 0.294. The van der Waals surface area contributed by atoms with E-state index in [0.717, 1.165) is 11.4 Å². The number of aryl methyl sites for hydroxylation is 1. The predicted octanol–water partition coefficient (Wildman–Crippen LogP) is 4.59. The molecule has 1 atom stereocenters. The monoisotopic (exact) mass is 303 g/mol. The Bertz CT molecular complexity index is 640. The van der Waals surface area contributed by atoms with Gasteiger partial charge in [0.2, 0.25) is 0 Å². The molecule has 0 saturated heterocycles. The quantitative estimate of drug-likeness (QED) is 0.899. The Kier molecular flexibility index (Phi) is 3.93. The maximum Gasteiger partial charge on any atom is 0.163 e. The highest BCUT2D eigenvalue weighted by Crippen LogP contribution is 2.39. The molecule has 0 saturated carbocycles. The average molecular weight is 304 g/mol. The van der Waals surface area contributed by atoms with Gasteiger partial charge < -0.3 is 14.8 Å². The van der Waals surface area contributed by atoms with Crippen molar-refractivity contribution in [1.29, 1.82) is 0 Å². The summed E-state index contributed by atoms with van der Waals surface area (Å²) in [7, 11) is 0. The van der Waals surface area contributed by atoms with Crippen LogP contribution in [0, 0.1) is 6.92 Å². The van der Waals surface area contributed by atoms with Crippen LogP contribution in [0.4, 0.5) is 5.69 Å². The number of ether oxygens (including phenoxy) is 2. The van der Waals surface area contributed by atoms with E-state index in [0.29, 0.717) is 24.0 Å². The van der Waals surface area contributed by atoms with Crippen molar-refractivity contribution in [1.82, 2.24) is 0 Å². The number of hydrogen-bond acceptors (Lipinski definition) is 3. The minimum Gasteiger partial charge on any atom is -0.486 e. The summed E-state index contributed by atoms with van der Waals surface area (Å²) in [6.07, 6.45) is 0. The van der Waals surface area contributed by atoms with Gasteiger partial charge in [0, 0.05) is 18.2 Å². The lowest BCUT2D eigenvalue weighted by atomic mass is 10.1. The van der Waals surface area contributed by atoms with Crippen molar-refractivity contribution in [2.24, 2.45) is 0 Å². The Hall–Kier alpha value is -1.87. The number of hydrogen-bond donors (Lipinski definition) is 1. The maximum absolute atomic E-state index is 6.32. The normalized spacial score (nSPS) is 14.6. The molecule has 2 aromatic rings. The molecule has 4 heteroatoms. The maximum atomic E-state index is 6.32. The summed E-state index contributed by atoms with van der Waals surface area (Å²) in [5.41, 5.74) is 3.32. The van der Waals surface area contributed by atoms with E-state index in [1.807, 2.05) is 6.07 Å². The molecule has 0 aliphatic carbocycles. The second kappa shape index (κ2) is 5.86. The number of nitrogens with one attached hydrogen (secondary N) is 1. The molecule has 1 heterocycles. The summed E-state index contributed by atoms with van der Waals surface area (Å²) in [5.74, 6) is 1.45. The molecule has 2 aromatic carbocycles. The second-order valence-corrected chi connectivity index (χ2v) is 5.66. The summed E-state index contributed by atoms with van der Waals surface area (Å²) in [6, 6.07) is 12.3. The Labute approximate surface area is 129 Å². The standard InChI is InChI=1S/C17H18ClNO2/c1-11-3-5-13(6-4-11)12(2)19-15-10-17-16(9-14(15)18)20-7-8-21-17/h3-6,9-10,12,19H,7-8H2,1-2H3. The molecule has 21 heavy (non-hydrogen) atoms. The van der Waals surface area contributed by atoms with Crippen molar-refractivity contribution in [3.05, 3.63) is 52.5 Å². The summed E-state index contributed by atoms with van der Waals surface area (Å²) < 4.78 is 11.1. The highest BCUT2D eigenvalue weighted by atomic mass is 35.5. The molecule has 0 amide bonds. The van der Waals surface area contributed by atoms with Crippen molar-refractivity contribution in [2.75, 3.05) is 18.5 Å². The van der Waals surface area contributed by atoms with Crippen LogP contribution in [0.1, 0.15) is 24.1 Å². The third kappa shape index (κ3) is 3.08. The lowest BCUT2D eigenvalue weighted by molar-refractivity contribution is 0.171. The minimum absolute atomic E-state index is 0.158. The van der Waals surface area contributed by atoms with Crippen molar-refractivity contribution in [3.63, 3.8) is 0 Å². The topological polar surface area (TPSA) is 30.5 Å². The molecule has 3 rings (SSSR count). The van der Waals surface area contributed by atoms with Crippen LogP contribution in [0.25, 0.3) is 0 Å². The molecule has 1 aliphatic rings. The van der Waals surface area contributed by atoms with Crippen LogP contribution in [0.3, 0.4) is 0 Å². The largest absolute Gasteiger partial charge is 0.486 e. The van der Waals surface area contributed by atoms with Crippen LogP contribution in [-0.2, 0) is 0 Å². The number of halogens is 1. The van der Waals surface area contributed by atoms with E-state index in [4.69, 9.17) is 21.1 Å². The molecular weight excluding hydrogens is 286 g/mol. The first-order valence-corrected chi connectivity index (χ1v) is 7.43. The zero-order valence-electron chi connectivity index (χ0n) is 12.2. The summed E-state index contributed by atoms with van der Waals surface area (Å²) >= 11 is 6.32. The Balaban J connectivity index is 1.82. The molecule has 0 aromatic heterocycles. The van der Waals surface area contributed by atoms with Gasteiger partial charge in [0.1, 0.15) is 13.2 Å². The van der Waals surface area contributed by atoms with Crippen molar-refractivity contribution in [3.8, 4) is 11.5 Å². The van der Waals surface area contributed by atoms with E-state index in [1.54, 1.807) is 6.07 Å². The van der Waals surface area contributed by atoms with Gasteiger partial charge in [0.25, 0.3) is 0 Å². The molecule has 0 spiro atoms. The third-order valence-corrected chi connectivity index (χ3v) is 3.89. The zero-order valence-corrected chi connectivity index (χ0v) is 12.9. The van der Waals surface area contributed by atoms with Crippen LogP contribution in [-0.4, -0.2) is 13.2 Å². The van der Waals surface area contributed by atoms with E-state index in [9.17, 15) is 0 Å². The van der Waals surface area contributed by atoms with E-state index in [2.05, 4.69) is 43.4 Å². The molecule has 1 N–H and O–H groups in total. The van der Waals surface area contributed by atoms with Crippen molar-refractivity contribution in [2.45, 2.75) is 19.9 Å². The molecule has 1 unspecified atom stereocenters. The number of fused-ring (bicyclic) bond motifs is 1. The van der Waals surface area contributed by atoms with Gasteiger partial charge in [-0.2, -0.15) is 0 Å². The molecule has 1 aliphatic heterocycles. The van der Waals surface area contributed by atoms with Gasteiger partial charge in [-0.15, -0.1) is 0 Å². The predicted molar refractivity (Wildman–Crippen MR) is 85.7 cm³/mol. The fourth-order valence-electron chi connectivity index (χ4n) is 2.35. The van der Waals surface area contributed by atoms with Crippen LogP contribution in [0.2, 0.25) is 5.02 Å². The fourth-order valence-corrected chi connectivity index (χ4v) is 2.55. The van der Waals surface area contributed by atoms with Gasteiger partial charge in [-0.1, -0.05) is 41.4 Å². The van der Waals surface area contributed by atoms with Crippen LogP contribution in [0.5, 0.6) is 11.5 Å². The summed E-state index contributed by atoms with van der Waals surface area (Å²) in [4.78, 5) is 0. The van der Waals surface area contributed by atoms with Crippen LogP contribution >= 0.6 is 11.6 Å². The Morgan fingerprint density at radius 2 is 1.67 bits per heavy atom. The third-order valence-electron chi connectivity index (χ3n) is 3.58. The molecule has 0 radical (unpaired) electrons. The average Bonchev–Trinajstić information content (AvgIpc) is 2.48. The molecule has 0 fully saturated rings. The molecule has 0 bridgehead atoms. The van der Waals surface area contributed by atoms with Crippen LogP contribution < -0.4 is 14.8 Å². The lowest BCUT2D eigenvalue weighted by Crippen LogP contribution is -2.16. The van der Waals surface area contributed by atoms with Gasteiger partial charge in [0.05, 0.1) is 10.7 Å². The van der Waals surface area contributed by atoms with Gasteiger partial charge in [-0.05, 0) is 19.4 Å². The lowest BCUT2D eigenvalue weighted by Gasteiger charge is -2.22. The SMILES string of the molecule is Cc1ccc(C(C)Nc2cc3c(cc2Cl)OCCO3)cc1. The molecule has 3 nitrogen and oxygen atoms in total. The number of anilines is 1. The van der Waals surface area contributed by atoms with E-state index in [1.165, 1.54) is 11.1 Å². The summed E-state index contributed by atoms with van der Waals surface area (Å²) in [6.45, 7) is 5.33. The van der Waals surface area contributed by atoms with Crippen molar-refractivity contribution < 1.29 is 9.47 Å². The van der Waals surface area contributed by atoms with Gasteiger partial charge in [-0.3, -0.25) is 0 Å². The van der Waals surface area contributed by atoms with E-state index < -0.39 is 0 Å². The summed E-state index contributed by atoms with van der Waals surface area (Å²) in [5, 5.41) is 4.07. The number of rotatable bonds is 3. The highest BCUT2D eigenvalue weighted by molar-refractivity contribution is 6.33. The second-order valence-electron chi connectivity index (χ2n) is 5.25. The van der Waals surface area contributed by atoms with Crippen LogP contribution in [0.15, 0.2) is 36.4 Å². The smallest absolute Gasteiger partial charge is 0.163 e. The highest BCUT2D eigenvalue weighted by Gasteiger charge is 2.16. The number of benzene rings is 2. The Morgan fingerprint density at radius 3 is 2.33 bits per heavy atom. The zero-order chi connectivity index (χ0) is 14.8. The molecular formula is C17H18ClNO2. The van der Waals surface area contributed by atoms with E-state index >= 15 is 0 Å². The first kappa shape index (κ1) is 14.1. The first-order valence-electron chi connectivity index (χ1n) is 7.06. The van der Waals surface area contributed by atoms with Gasteiger partial charge >= 0.3 is 0 Å². The van der Waals surface area contributed by atoms with E-state index in [-0.39, 0.29) is 6.04 Å². The first-order chi connectivity index (χ1) is 10.1. The van der Waals surface area contributed by atoms with Crippen molar-refractivity contribution >= 4 is 17.3 Å². The Morgan fingerprint density at radius 1 is 1.05 bits per heavy atom. The van der Waals surface area contributed by atoms with Gasteiger partial charge in [-0.25, -0.2) is 0 Å². The molecule has 110 valence electrons.